The number of tetrazole rings is 1. The molecule has 0 spiro atoms. The molecule has 1 atom stereocenters. The molecule has 1 aromatic heterocycles. The number of benzene rings is 2. The normalized spacial score (nSPS) is 11.7. The molecular formula is C18H16BrFN6O2. The lowest BCUT2D eigenvalue weighted by atomic mass is 10.1. The zero-order chi connectivity index (χ0) is 20.1. The Balaban J connectivity index is 1.73. The van der Waals surface area contributed by atoms with Crippen molar-refractivity contribution in [3.8, 4) is 0 Å². The van der Waals surface area contributed by atoms with E-state index in [0.717, 1.165) is 10.0 Å². The van der Waals surface area contributed by atoms with Crippen molar-refractivity contribution >= 4 is 27.7 Å². The van der Waals surface area contributed by atoms with Crippen LogP contribution in [0.5, 0.6) is 0 Å². The first-order chi connectivity index (χ1) is 13.4. The van der Waals surface area contributed by atoms with Crippen LogP contribution in [0, 0.1) is 12.7 Å². The Hall–Kier alpha value is -3.14. The van der Waals surface area contributed by atoms with Gasteiger partial charge in [0.25, 0.3) is 11.8 Å². The summed E-state index contributed by atoms with van der Waals surface area (Å²) in [6, 6.07) is 11.6. The van der Waals surface area contributed by atoms with Gasteiger partial charge in [-0.15, -0.1) is 5.10 Å². The van der Waals surface area contributed by atoms with E-state index in [0.29, 0.717) is 11.4 Å². The van der Waals surface area contributed by atoms with Crippen LogP contribution in [0.15, 0.2) is 53.0 Å². The third-order valence-electron chi connectivity index (χ3n) is 4.00. The van der Waals surface area contributed by atoms with Gasteiger partial charge in [-0.05, 0) is 59.3 Å². The van der Waals surface area contributed by atoms with E-state index >= 15 is 0 Å². The molecule has 0 aliphatic heterocycles. The van der Waals surface area contributed by atoms with E-state index in [4.69, 9.17) is 0 Å². The fourth-order valence-corrected chi connectivity index (χ4v) is 2.80. The van der Waals surface area contributed by atoms with Crippen LogP contribution < -0.4 is 10.9 Å². The molecule has 0 aliphatic rings. The molecule has 0 saturated carbocycles. The third kappa shape index (κ3) is 4.77. The topological polar surface area (TPSA) is 102 Å². The first kappa shape index (κ1) is 19.6. The van der Waals surface area contributed by atoms with Crippen LogP contribution >= 0.6 is 15.9 Å². The van der Waals surface area contributed by atoms with Gasteiger partial charge in [-0.2, -0.15) is 0 Å². The number of nitrogens with one attached hydrogen (secondary N) is 2. The number of rotatable bonds is 5. The average molecular weight is 447 g/mol. The van der Waals surface area contributed by atoms with Gasteiger partial charge in [0.05, 0.1) is 0 Å². The van der Waals surface area contributed by atoms with Crippen LogP contribution in [0.3, 0.4) is 0 Å². The van der Waals surface area contributed by atoms with Crippen LogP contribution in [0.25, 0.3) is 0 Å². The number of aryl methyl sites for hydroxylation is 1. The number of halogens is 2. The summed E-state index contributed by atoms with van der Waals surface area (Å²) in [5.74, 6) is -0.911. The van der Waals surface area contributed by atoms with Crippen LogP contribution in [-0.2, 0) is 11.2 Å². The van der Waals surface area contributed by atoms with Gasteiger partial charge in [0, 0.05) is 16.5 Å². The number of nitrogens with zero attached hydrogens (tertiary/aromatic N) is 4. The lowest BCUT2D eigenvalue weighted by Gasteiger charge is -2.18. The van der Waals surface area contributed by atoms with Crippen LogP contribution in [0.2, 0.25) is 0 Å². The number of carbonyl (C=O) groups excluding carboxylic acids is 2. The predicted octanol–water partition coefficient (Wildman–Crippen LogP) is 2.13. The molecule has 0 fully saturated rings. The summed E-state index contributed by atoms with van der Waals surface area (Å²) in [4.78, 5) is 24.9. The molecule has 1 unspecified atom stereocenters. The van der Waals surface area contributed by atoms with Crippen molar-refractivity contribution in [2.45, 2.75) is 19.4 Å². The SMILES string of the molecule is Cc1nnnn1C(Cc1ccc(F)cc1)C(=O)NNC(=O)c1ccc(Br)cc1. The molecule has 144 valence electrons. The Morgan fingerprint density at radius 1 is 1.11 bits per heavy atom. The quantitative estimate of drug-likeness (QED) is 0.584. The second-order valence-electron chi connectivity index (χ2n) is 5.97. The van der Waals surface area contributed by atoms with E-state index in [2.05, 4.69) is 42.3 Å². The van der Waals surface area contributed by atoms with Crippen molar-refractivity contribution in [1.82, 2.24) is 31.1 Å². The molecule has 8 nitrogen and oxygen atoms in total. The van der Waals surface area contributed by atoms with Gasteiger partial charge in [-0.1, -0.05) is 28.1 Å². The van der Waals surface area contributed by atoms with Gasteiger partial charge in [0.15, 0.2) is 0 Å². The van der Waals surface area contributed by atoms with Gasteiger partial charge in [-0.3, -0.25) is 20.4 Å². The zero-order valence-corrected chi connectivity index (χ0v) is 16.4. The first-order valence-electron chi connectivity index (χ1n) is 8.28. The summed E-state index contributed by atoms with van der Waals surface area (Å²) in [6.07, 6.45) is 0.214. The summed E-state index contributed by atoms with van der Waals surface area (Å²) >= 11 is 3.29. The van der Waals surface area contributed by atoms with Crippen LogP contribution in [0.4, 0.5) is 4.39 Å². The highest BCUT2D eigenvalue weighted by molar-refractivity contribution is 9.10. The summed E-state index contributed by atoms with van der Waals surface area (Å²) < 4.78 is 15.3. The molecule has 2 N–H and O–H groups in total. The highest BCUT2D eigenvalue weighted by Gasteiger charge is 2.25. The molecule has 10 heteroatoms. The molecule has 0 radical (unpaired) electrons. The minimum absolute atomic E-state index is 0.214. The minimum atomic E-state index is -0.828. The Morgan fingerprint density at radius 3 is 2.39 bits per heavy atom. The second kappa shape index (κ2) is 8.70. The second-order valence-corrected chi connectivity index (χ2v) is 6.88. The Kier molecular flexibility index (Phi) is 6.09. The molecule has 0 bridgehead atoms. The monoisotopic (exact) mass is 446 g/mol. The van der Waals surface area contributed by atoms with Crippen molar-refractivity contribution in [2.75, 3.05) is 0 Å². The maximum absolute atomic E-state index is 13.1. The smallest absolute Gasteiger partial charge is 0.269 e. The number of hydrogen-bond acceptors (Lipinski definition) is 5. The lowest BCUT2D eigenvalue weighted by molar-refractivity contribution is -0.125. The minimum Gasteiger partial charge on any atom is -0.271 e. The molecule has 0 saturated heterocycles. The zero-order valence-electron chi connectivity index (χ0n) is 14.8. The fourth-order valence-electron chi connectivity index (χ4n) is 2.54. The lowest BCUT2D eigenvalue weighted by Crippen LogP contribution is -2.46. The van der Waals surface area contributed by atoms with E-state index in [9.17, 15) is 14.0 Å². The van der Waals surface area contributed by atoms with Gasteiger partial charge in [0.1, 0.15) is 17.7 Å². The van der Waals surface area contributed by atoms with Gasteiger partial charge < -0.3 is 0 Å². The molecule has 3 rings (SSSR count). The van der Waals surface area contributed by atoms with Crippen LogP contribution in [0.1, 0.15) is 27.8 Å². The van der Waals surface area contributed by atoms with Gasteiger partial charge >= 0.3 is 0 Å². The summed E-state index contributed by atoms with van der Waals surface area (Å²) in [7, 11) is 0. The van der Waals surface area contributed by atoms with Gasteiger partial charge in [0.2, 0.25) is 0 Å². The number of carbonyl (C=O) groups is 2. The summed E-state index contributed by atoms with van der Waals surface area (Å²) in [5, 5.41) is 11.2. The number of aromatic nitrogens is 4. The van der Waals surface area contributed by atoms with Crippen molar-refractivity contribution in [3.05, 3.63) is 75.8 Å². The summed E-state index contributed by atoms with van der Waals surface area (Å²) in [5.41, 5.74) is 5.89. The van der Waals surface area contributed by atoms with Crippen molar-refractivity contribution < 1.29 is 14.0 Å². The highest BCUT2D eigenvalue weighted by Crippen LogP contribution is 2.16. The van der Waals surface area contributed by atoms with E-state index in [-0.39, 0.29) is 12.2 Å². The van der Waals surface area contributed by atoms with Gasteiger partial charge in [-0.25, -0.2) is 9.07 Å². The standard InChI is InChI=1S/C18H16BrFN6O2/c1-11-21-24-25-26(11)16(10-12-2-8-15(20)9-3-12)18(28)23-22-17(27)13-4-6-14(19)7-5-13/h2-9,16H,10H2,1H3,(H,22,27)(H,23,28). The van der Waals surface area contributed by atoms with E-state index in [1.807, 2.05) is 0 Å². The predicted molar refractivity (Wildman–Crippen MR) is 101 cm³/mol. The maximum Gasteiger partial charge on any atom is 0.269 e. The fraction of sp³-hybridized carbons (Fsp3) is 0.167. The molecule has 1 heterocycles. The Labute approximate surface area is 168 Å². The molecular weight excluding hydrogens is 431 g/mol. The first-order valence-corrected chi connectivity index (χ1v) is 9.08. The third-order valence-corrected chi connectivity index (χ3v) is 4.53. The van der Waals surface area contributed by atoms with Crippen molar-refractivity contribution in [1.29, 1.82) is 0 Å². The van der Waals surface area contributed by atoms with Crippen molar-refractivity contribution in [3.63, 3.8) is 0 Å². The van der Waals surface area contributed by atoms with E-state index in [1.165, 1.54) is 16.8 Å². The molecule has 3 aromatic rings. The van der Waals surface area contributed by atoms with Crippen LogP contribution in [-0.4, -0.2) is 32.0 Å². The molecule has 28 heavy (non-hydrogen) atoms. The number of hydrazine groups is 1. The Bertz CT molecular complexity index is 975. The average Bonchev–Trinajstić information content (AvgIpc) is 3.11. The van der Waals surface area contributed by atoms with E-state index < -0.39 is 17.9 Å². The largest absolute Gasteiger partial charge is 0.271 e. The molecule has 0 aliphatic carbocycles. The number of amides is 2. The Morgan fingerprint density at radius 2 is 1.79 bits per heavy atom. The highest BCUT2D eigenvalue weighted by atomic mass is 79.9. The van der Waals surface area contributed by atoms with E-state index in [1.54, 1.807) is 43.3 Å². The molecule has 2 amide bonds. The van der Waals surface area contributed by atoms with Crippen molar-refractivity contribution in [2.24, 2.45) is 0 Å². The summed E-state index contributed by atoms with van der Waals surface area (Å²) in [6.45, 7) is 1.66. The molecule has 2 aromatic carbocycles. The maximum atomic E-state index is 13.1. The number of hydrogen-bond donors (Lipinski definition) is 2.